The largest absolute Gasteiger partial charge is 0.480 e. The van der Waals surface area contributed by atoms with Crippen LogP contribution in [0.3, 0.4) is 0 Å². The van der Waals surface area contributed by atoms with Gasteiger partial charge in [0.15, 0.2) is 5.96 Å². The van der Waals surface area contributed by atoms with Gasteiger partial charge < -0.3 is 31.7 Å². The highest BCUT2D eigenvalue weighted by atomic mass is 16.5. The third-order valence-corrected chi connectivity index (χ3v) is 5.91. The van der Waals surface area contributed by atoms with E-state index >= 15 is 0 Å². The molecule has 0 saturated heterocycles. The first-order valence-corrected chi connectivity index (χ1v) is 11.9. The van der Waals surface area contributed by atoms with Crippen molar-refractivity contribution in [2.75, 3.05) is 0 Å². The number of nitrogens with zero attached hydrogens (tertiary/aromatic N) is 1. The maximum Gasteiger partial charge on any atom is 0.343 e. The van der Waals surface area contributed by atoms with E-state index in [4.69, 9.17) is 21.3 Å². The maximum atomic E-state index is 13.1. The van der Waals surface area contributed by atoms with Crippen LogP contribution < -0.4 is 21.5 Å². The second kappa shape index (κ2) is 11.8. The van der Waals surface area contributed by atoms with Crippen LogP contribution in [-0.2, 0) is 11.2 Å². The monoisotopic (exact) mass is 540 g/mol. The van der Waals surface area contributed by atoms with Gasteiger partial charge in [0.1, 0.15) is 11.8 Å². The molecule has 1 amide bonds. The van der Waals surface area contributed by atoms with Crippen LogP contribution in [0.25, 0.3) is 10.8 Å². The van der Waals surface area contributed by atoms with Crippen molar-refractivity contribution < 1.29 is 34.1 Å². The molecule has 0 radical (unpaired) electrons. The molecule has 0 bridgehead atoms. The molecule has 0 saturated carbocycles. The Kier molecular flexibility index (Phi) is 8.05. The van der Waals surface area contributed by atoms with Crippen molar-refractivity contribution >= 4 is 46.2 Å². The number of hydrogen-bond acceptors (Lipinski definition) is 6. The van der Waals surface area contributed by atoms with E-state index in [1.165, 1.54) is 42.5 Å². The number of amides is 1. The maximum absolute atomic E-state index is 13.1. The highest BCUT2D eigenvalue weighted by molar-refractivity contribution is 6.08. The molecule has 0 aliphatic heterocycles. The summed E-state index contributed by atoms with van der Waals surface area (Å²) in [6.07, 6.45) is -0.0429. The van der Waals surface area contributed by atoms with Crippen LogP contribution in [0.5, 0.6) is 5.75 Å². The molecule has 11 heteroatoms. The van der Waals surface area contributed by atoms with E-state index in [1.807, 2.05) is 0 Å². The third kappa shape index (κ3) is 6.58. The number of nitrogens with one attached hydrogen (secondary N) is 1. The van der Waals surface area contributed by atoms with Crippen LogP contribution in [-0.4, -0.2) is 46.0 Å². The first-order valence-electron chi connectivity index (χ1n) is 11.9. The minimum Gasteiger partial charge on any atom is -0.480 e. The average Bonchev–Trinajstić information content (AvgIpc) is 2.92. The van der Waals surface area contributed by atoms with E-state index < -0.39 is 29.9 Å². The van der Waals surface area contributed by atoms with E-state index in [2.05, 4.69) is 10.3 Å². The van der Waals surface area contributed by atoms with Crippen molar-refractivity contribution in [2.45, 2.75) is 12.5 Å². The van der Waals surface area contributed by atoms with Gasteiger partial charge in [-0.25, -0.2) is 19.4 Å². The molecule has 11 nitrogen and oxygen atoms in total. The summed E-state index contributed by atoms with van der Waals surface area (Å²) in [5.74, 6) is -3.41. The number of carboxylic acid groups (broad SMARTS) is 2. The van der Waals surface area contributed by atoms with Gasteiger partial charge in [0.2, 0.25) is 0 Å². The number of nitrogens with two attached hydrogens (primary N) is 2. The normalized spacial score (nSPS) is 11.3. The Hall–Kier alpha value is -5.71. The lowest BCUT2D eigenvalue weighted by molar-refractivity contribution is -0.139. The van der Waals surface area contributed by atoms with Crippen molar-refractivity contribution in [2.24, 2.45) is 16.5 Å². The number of fused-ring (bicyclic) bond motifs is 1. The van der Waals surface area contributed by atoms with Gasteiger partial charge in [-0.2, -0.15) is 0 Å². The Labute approximate surface area is 227 Å². The van der Waals surface area contributed by atoms with Crippen LogP contribution in [0.2, 0.25) is 0 Å². The number of aliphatic imine (C=N–C) groups is 1. The molecule has 1 atom stereocenters. The quantitative estimate of drug-likeness (QED) is 0.0917. The van der Waals surface area contributed by atoms with Gasteiger partial charge in [0.25, 0.3) is 5.91 Å². The van der Waals surface area contributed by atoms with Crippen LogP contribution in [0.15, 0.2) is 89.9 Å². The fraction of sp³-hybridized carbons (Fsp3) is 0.0690. The van der Waals surface area contributed by atoms with Gasteiger partial charge in [0, 0.05) is 12.0 Å². The number of guanidine groups is 1. The zero-order valence-corrected chi connectivity index (χ0v) is 20.9. The van der Waals surface area contributed by atoms with Crippen molar-refractivity contribution in [1.29, 1.82) is 0 Å². The molecule has 4 aromatic rings. The van der Waals surface area contributed by atoms with E-state index in [-0.39, 0.29) is 34.8 Å². The number of carbonyl (C=O) groups is 4. The molecule has 0 spiro atoms. The Morgan fingerprint density at radius 1 is 0.850 bits per heavy atom. The second-order valence-electron chi connectivity index (χ2n) is 8.73. The number of aliphatic carboxylic acids is 1. The highest BCUT2D eigenvalue weighted by Crippen LogP contribution is 2.25. The fourth-order valence-electron chi connectivity index (χ4n) is 3.97. The Morgan fingerprint density at radius 2 is 1.52 bits per heavy atom. The van der Waals surface area contributed by atoms with E-state index in [0.717, 1.165) is 0 Å². The minimum atomic E-state index is -1.25. The number of carbonyl (C=O) groups excluding carboxylic acids is 2. The first kappa shape index (κ1) is 27.3. The summed E-state index contributed by atoms with van der Waals surface area (Å²) in [7, 11) is 0. The van der Waals surface area contributed by atoms with E-state index in [0.29, 0.717) is 22.0 Å². The van der Waals surface area contributed by atoms with Gasteiger partial charge in [-0.15, -0.1) is 0 Å². The first-order chi connectivity index (χ1) is 19.1. The predicted molar refractivity (Wildman–Crippen MR) is 147 cm³/mol. The number of benzene rings is 4. The summed E-state index contributed by atoms with van der Waals surface area (Å²) < 4.78 is 5.48. The smallest absolute Gasteiger partial charge is 0.343 e. The minimum absolute atomic E-state index is 0.0429. The summed E-state index contributed by atoms with van der Waals surface area (Å²) in [5, 5.41) is 22.4. The lowest BCUT2D eigenvalue weighted by Gasteiger charge is -2.16. The molecule has 0 aliphatic carbocycles. The zero-order valence-electron chi connectivity index (χ0n) is 20.9. The van der Waals surface area contributed by atoms with Gasteiger partial charge >= 0.3 is 17.9 Å². The number of carboxylic acids is 2. The molecule has 0 heterocycles. The molecule has 4 aromatic carbocycles. The molecule has 4 rings (SSSR count). The summed E-state index contributed by atoms with van der Waals surface area (Å²) in [4.78, 5) is 52.5. The van der Waals surface area contributed by atoms with Crippen molar-refractivity contribution in [3.8, 4) is 5.75 Å². The van der Waals surface area contributed by atoms with Crippen molar-refractivity contribution in [3.63, 3.8) is 0 Å². The second-order valence-corrected chi connectivity index (χ2v) is 8.73. The lowest BCUT2D eigenvalue weighted by Crippen LogP contribution is -2.42. The summed E-state index contributed by atoms with van der Waals surface area (Å²) in [6.45, 7) is 0. The molecule has 0 aromatic heterocycles. The van der Waals surface area contributed by atoms with Crippen LogP contribution in [0, 0.1) is 0 Å². The number of aromatic carboxylic acids is 1. The molecule has 0 aliphatic rings. The van der Waals surface area contributed by atoms with Gasteiger partial charge in [0.05, 0.1) is 16.8 Å². The Bertz CT molecular complexity index is 1630. The zero-order chi connectivity index (χ0) is 28.8. The molecular weight excluding hydrogens is 516 g/mol. The van der Waals surface area contributed by atoms with Crippen LogP contribution in [0.4, 0.5) is 5.69 Å². The Balaban J connectivity index is 1.49. The summed E-state index contributed by atoms with van der Waals surface area (Å²) >= 11 is 0. The van der Waals surface area contributed by atoms with Crippen molar-refractivity contribution in [1.82, 2.24) is 5.32 Å². The standard InChI is InChI=1S/C29H24N4O7/c30-29(31)32-20-10-8-18(9-11-20)28(39)40-21-12-13-22-19(15-21)2-1-3-23(22)25(34)33-24(27(37)38)14-16-4-6-17(7-5-16)26(35)36/h1-13,15,24H,14H2,(H,33,34)(H,35,36)(H,37,38)(H4,30,31,32). The molecule has 40 heavy (non-hydrogen) atoms. The molecular formula is C29H24N4O7. The highest BCUT2D eigenvalue weighted by Gasteiger charge is 2.22. The van der Waals surface area contributed by atoms with E-state index in [1.54, 1.807) is 42.5 Å². The molecule has 202 valence electrons. The molecule has 1 unspecified atom stereocenters. The van der Waals surface area contributed by atoms with Crippen molar-refractivity contribution in [3.05, 3.63) is 107 Å². The third-order valence-electron chi connectivity index (χ3n) is 5.91. The number of hydrogen-bond donors (Lipinski definition) is 5. The Morgan fingerprint density at radius 3 is 2.15 bits per heavy atom. The topological polar surface area (TPSA) is 194 Å². The van der Waals surface area contributed by atoms with Crippen LogP contribution >= 0.6 is 0 Å². The van der Waals surface area contributed by atoms with E-state index in [9.17, 15) is 24.3 Å². The van der Waals surface area contributed by atoms with Gasteiger partial charge in [-0.3, -0.25) is 4.79 Å². The number of ether oxygens (including phenoxy) is 1. The fourth-order valence-corrected chi connectivity index (χ4v) is 3.97. The summed E-state index contributed by atoms with van der Waals surface area (Å²) in [5.41, 5.74) is 12.3. The van der Waals surface area contributed by atoms with Gasteiger partial charge in [-0.1, -0.05) is 24.3 Å². The molecule has 7 N–H and O–H groups in total. The molecule has 0 fully saturated rings. The lowest BCUT2D eigenvalue weighted by atomic mass is 10.0. The average molecular weight is 541 g/mol. The SMILES string of the molecule is NC(N)=Nc1ccc(C(=O)Oc2ccc3c(C(=O)NC(Cc4ccc(C(=O)O)cc4)C(=O)O)cccc3c2)cc1. The van der Waals surface area contributed by atoms with Crippen LogP contribution in [0.1, 0.15) is 36.6 Å². The van der Waals surface area contributed by atoms with Gasteiger partial charge in [-0.05, 0) is 77.0 Å². The number of esters is 1. The number of rotatable bonds is 9. The summed E-state index contributed by atoms with van der Waals surface area (Å²) in [6, 6.07) is 20.3. The predicted octanol–water partition coefficient (Wildman–Crippen LogP) is 3.09.